The molecule has 0 aliphatic carbocycles. The van der Waals surface area contributed by atoms with E-state index in [-0.39, 0.29) is 27.9 Å². The molecule has 1 N–H and O–H groups in total. The molecule has 0 fully saturated rings. The van der Waals surface area contributed by atoms with Gasteiger partial charge in [-0.15, -0.1) is 0 Å². The molecule has 5 nitrogen and oxygen atoms in total. The number of hydrogen-bond donors (Lipinski definition) is 1. The lowest BCUT2D eigenvalue weighted by Gasteiger charge is -2.11. The van der Waals surface area contributed by atoms with Gasteiger partial charge in [0.05, 0.1) is 18.2 Å². The smallest absolute Gasteiger partial charge is 0.435 e. The highest BCUT2D eigenvalue weighted by atomic mass is 32.2. The summed E-state index contributed by atoms with van der Waals surface area (Å²) < 4.78 is 83.3. The van der Waals surface area contributed by atoms with Gasteiger partial charge >= 0.3 is 12.4 Å². The summed E-state index contributed by atoms with van der Waals surface area (Å²) in [4.78, 5) is 13.8. The van der Waals surface area contributed by atoms with E-state index in [1.165, 1.54) is 6.26 Å². The van der Waals surface area contributed by atoms with Crippen molar-refractivity contribution in [1.82, 2.24) is 19.9 Å². The van der Waals surface area contributed by atoms with E-state index < -0.39 is 29.1 Å². The van der Waals surface area contributed by atoms with Gasteiger partial charge < -0.3 is 9.72 Å². The van der Waals surface area contributed by atoms with E-state index in [2.05, 4.69) is 19.9 Å². The SMILES string of the molecule is COc1cc(C(F)(F)F)ccc1-c1nc2nc(SC)nc(C(F)(F)F)c2[nH]1. The molecule has 12 heteroatoms. The fourth-order valence-corrected chi connectivity index (χ4v) is 2.72. The molecule has 0 bridgehead atoms. The van der Waals surface area contributed by atoms with Crippen LogP contribution in [0.15, 0.2) is 23.4 Å². The molecule has 0 unspecified atom stereocenters. The minimum Gasteiger partial charge on any atom is -0.496 e. The fraction of sp³-hybridized carbons (Fsp3) is 0.267. The van der Waals surface area contributed by atoms with E-state index in [0.717, 1.165) is 37.1 Å². The van der Waals surface area contributed by atoms with Crippen LogP contribution in [-0.2, 0) is 12.4 Å². The molecule has 0 atom stereocenters. The molecule has 3 aromatic rings. The zero-order chi connectivity index (χ0) is 20.0. The summed E-state index contributed by atoms with van der Waals surface area (Å²) in [5.74, 6) is -0.316. The zero-order valence-electron chi connectivity index (χ0n) is 13.7. The maximum absolute atomic E-state index is 13.3. The number of imidazole rings is 1. The van der Waals surface area contributed by atoms with Crippen LogP contribution in [0.25, 0.3) is 22.6 Å². The van der Waals surface area contributed by atoms with Crippen molar-refractivity contribution in [2.75, 3.05) is 13.4 Å². The number of benzene rings is 1. The van der Waals surface area contributed by atoms with Crippen molar-refractivity contribution < 1.29 is 31.1 Å². The number of methoxy groups -OCH3 is 1. The Morgan fingerprint density at radius 2 is 1.70 bits per heavy atom. The number of thioether (sulfide) groups is 1. The first kappa shape index (κ1) is 19.3. The highest BCUT2D eigenvalue weighted by molar-refractivity contribution is 7.98. The molecule has 2 heterocycles. The van der Waals surface area contributed by atoms with Gasteiger partial charge in [-0.1, -0.05) is 11.8 Å². The molecule has 3 rings (SSSR count). The summed E-state index contributed by atoms with van der Waals surface area (Å²) in [6, 6.07) is 2.59. The molecular weight excluding hydrogens is 398 g/mol. The predicted octanol–water partition coefficient (Wildman–Crippen LogP) is 4.79. The number of nitrogens with one attached hydrogen (secondary N) is 1. The summed E-state index contributed by atoms with van der Waals surface area (Å²) in [6.45, 7) is 0. The van der Waals surface area contributed by atoms with Crippen LogP contribution in [0.3, 0.4) is 0 Å². The van der Waals surface area contributed by atoms with E-state index in [1.54, 1.807) is 0 Å². The van der Waals surface area contributed by atoms with Gasteiger partial charge in [-0.25, -0.2) is 15.0 Å². The predicted molar refractivity (Wildman–Crippen MR) is 85.5 cm³/mol. The third-order valence-corrected chi connectivity index (χ3v) is 4.11. The number of fused-ring (bicyclic) bond motifs is 1. The molecule has 27 heavy (non-hydrogen) atoms. The van der Waals surface area contributed by atoms with Crippen LogP contribution in [0.4, 0.5) is 26.3 Å². The van der Waals surface area contributed by atoms with Gasteiger partial charge in [0.25, 0.3) is 0 Å². The Bertz CT molecular complexity index is 998. The highest BCUT2D eigenvalue weighted by Gasteiger charge is 2.37. The fourth-order valence-electron chi connectivity index (χ4n) is 2.36. The van der Waals surface area contributed by atoms with Gasteiger partial charge in [0, 0.05) is 0 Å². The number of ether oxygens (including phenoxy) is 1. The number of aromatic nitrogens is 4. The maximum Gasteiger partial charge on any atom is 0.435 e. The summed E-state index contributed by atoms with van der Waals surface area (Å²) in [7, 11) is 1.15. The zero-order valence-corrected chi connectivity index (χ0v) is 14.5. The van der Waals surface area contributed by atoms with Crippen molar-refractivity contribution in [3.63, 3.8) is 0 Å². The lowest BCUT2D eigenvalue weighted by atomic mass is 10.1. The molecule has 0 saturated carbocycles. The average molecular weight is 408 g/mol. The van der Waals surface area contributed by atoms with E-state index in [9.17, 15) is 26.3 Å². The Balaban J connectivity index is 2.21. The van der Waals surface area contributed by atoms with Crippen LogP contribution >= 0.6 is 11.8 Å². The highest BCUT2D eigenvalue weighted by Crippen LogP contribution is 2.38. The first-order valence-electron chi connectivity index (χ1n) is 7.19. The van der Waals surface area contributed by atoms with Crippen molar-refractivity contribution in [3.8, 4) is 17.1 Å². The van der Waals surface area contributed by atoms with Crippen molar-refractivity contribution >= 4 is 22.9 Å². The second kappa shape index (κ2) is 6.59. The largest absolute Gasteiger partial charge is 0.496 e. The number of alkyl halides is 6. The Labute approximate surface area is 152 Å². The van der Waals surface area contributed by atoms with Crippen molar-refractivity contribution in [2.45, 2.75) is 17.5 Å². The second-order valence-electron chi connectivity index (χ2n) is 5.25. The lowest BCUT2D eigenvalue weighted by Crippen LogP contribution is -2.10. The molecule has 0 spiro atoms. The Morgan fingerprint density at radius 1 is 1.00 bits per heavy atom. The molecule has 0 aliphatic heterocycles. The van der Waals surface area contributed by atoms with Crippen LogP contribution in [0.1, 0.15) is 11.3 Å². The minimum absolute atomic E-state index is 0.0577. The van der Waals surface area contributed by atoms with Gasteiger partial charge in [0.2, 0.25) is 0 Å². The molecule has 1 aromatic carbocycles. The Morgan fingerprint density at radius 3 is 2.26 bits per heavy atom. The van der Waals surface area contributed by atoms with Crippen LogP contribution < -0.4 is 4.74 Å². The average Bonchev–Trinajstić information content (AvgIpc) is 3.02. The molecule has 0 amide bonds. The minimum atomic E-state index is -4.76. The lowest BCUT2D eigenvalue weighted by molar-refractivity contribution is -0.140. The van der Waals surface area contributed by atoms with Crippen LogP contribution in [-0.4, -0.2) is 33.3 Å². The number of rotatable bonds is 3. The number of hydrogen-bond acceptors (Lipinski definition) is 5. The summed E-state index contributed by atoms with van der Waals surface area (Å²) in [5.41, 5.74) is -2.82. The molecule has 0 aliphatic rings. The van der Waals surface area contributed by atoms with Gasteiger partial charge in [0.1, 0.15) is 17.1 Å². The van der Waals surface area contributed by atoms with Gasteiger partial charge in [-0.05, 0) is 24.5 Å². The third kappa shape index (κ3) is 3.66. The Hall–Kier alpha value is -2.50. The van der Waals surface area contributed by atoms with Crippen LogP contribution in [0.2, 0.25) is 0 Å². The molecule has 0 radical (unpaired) electrons. The maximum atomic E-state index is 13.3. The monoisotopic (exact) mass is 408 g/mol. The van der Waals surface area contributed by atoms with Gasteiger partial charge in [0.15, 0.2) is 16.5 Å². The standard InChI is InChI=1S/C15H10F6N4OS/c1-26-8-5-6(14(16,17)18)3-4-7(8)11-22-9-10(15(19,20)21)23-13(27-2)25-12(9)24-11/h3-5H,1-2H3,(H,22,23,24,25). The molecular formula is C15H10F6N4OS. The first-order chi connectivity index (χ1) is 12.5. The Kier molecular flexibility index (Phi) is 4.70. The van der Waals surface area contributed by atoms with Crippen molar-refractivity contribution in [3.05, 3.63) is 29.5 Å². The third-order valence-electron chi connectivity index (χ3n) is 3.57. The molecule has 0 saturated heterocycles. The quantitative estimate of drug-likeness (QED) is 0.384. The number of aromatic amines is 1. The number of H-pyrrole nitrogens is 1. The molecule has 144 valence electrons. The summed E-state index contributed by atoms with van der Waals surface area (Å²) >= 11 is 0.906. The second-order valence-corrected chi connectivity index (χ2v) is 6.03. The van der Waals surface area contributed by atoms with E-state index >= 15 is 0 Å². The van der Waals surface area contributed by atoms with Gasteiger partial charge in [-0.3, -0.25) is 0 Å². The van der Waals surface area contributed by atoms with Crippen LogP contribution in [0, 0.1) is 0 Å². The van der Waals surface area contributed by atoms with Gasteiger partial charge in [-0.2, -0.15) is 26.3 Å². The van der Waals surface area contributed by atoms with Crippen molar-refractivity contribution in [2.24, 2.45) is 0 Å². The van der Waals surface area contributed by atoms with Crippen LogP contribution in [0.5, 0.6) is 5.75 Å². The topological polar surface area (TPSA) is 63.7 Å². The summed E-state index contributed by atoms with van der Waals surface area (Å²) in [6.07, 6.45) is -7.85. The van der Waals surface area contributed by atoms with E-state index in [1.807, 2.05) is 0 Å². The van der Waals surface area contributed by atoms with Crippen molar-refractivity contribution in [1.29, 1.82) is 0 Å². The molecule has 2 aromatic heterocycles. The normalized spacial score (nSPS) is 12.6. The number of halogens is 6. The van der Waals surface area contributed by atoms with E-state index in [4.69, 9.17) is 4.74 Å². The first-order valence-corrected chi connectivity index (χ1v) is 8.41. The van der Waals surface area contributed by atoms with E-state index in [0.29, 0.717) is 0 Å². The summed E-state index contributed by atoms with van der Waals surface area (Å²) in [5, 5.41) is -0.132. The number of nitrogens with zero attached hydrogens (tertiary/aromatic N) is 3.